The van der Waals surface area contributed by atoms with Gasteiger partial charge in [0.25, 0.3) is 0 Å². The van der Waals surface area contributed by atoms with E-state index in [0.29, 0.717) is 6.54 Å². The zero-order chi connectivity index (χ0) is 12.8. The fourth-order valence-corrected chi connectivity index (χ4v) is 1.58. The number of amides is 2. The van der Waals surface area contributed by atoms with Crippen molar-refractivity contribution < 1.29 is 4.79 Å². The van der Waals surface area contributed by atoms with E-state index in [2.05, 4.69) is 15.6 Å². The zero-order valence-corrected chi connectivity index (χ0v) is 10.2. The predicted molar refractivity (Wildman–Crippen MR) is 71.3 cm³/mol. The zero-order valence-electron chi connectivity index (χ0n) is 10.2. The van der Waals surface area contributed by atoms with Crippen molar-refractivity contribution in [2.45, 2.75) is 13.5 Å². The smallest absolute Gasteiger partial charge is 0.319 e. The lowest BCUT2D eigenvalue weighted by Gasteiger charge is -2.08. The molecule has 0 fully saturated rings. The Hall–Kier alpha value is -2.36. The first-order valence-electron chi connectivity index (χ1n) is 5.74. The van der Waals surface area contributed by atoms with Gasteiger partial charge in [-0.05, 0) is 42.3 Å². The van der Waals surface area contributed by atoms with E-state index in [1.165, 1.54) is 0 Å². The Balaban J connectivity index is 1.86. The molecule has 0 aliphatic rings. The van der Waals surface area contributed by atoms with Crippen LogP contribution in [-0.2, 0) is 6.54 Å². The standard InChI is InChI=1S/C14H15N3O/c1-11-3-2-4-13(9-11)17-14(18)16-10-12-5-7-15-8-6-12/h2-9H,10H2,1H3,(H2,16,17,18). The van der Waals surface area contributed by atoms with Crippen LogP contribution >= 0.6 is 0 Å². The highest BCUT2D eigenvalue weighted by molar-refractivity contribution is 5.89. The van der Waals surface area contributed by atoms with Crippen LogP contribution < -0.4 is 10.6 Å². The summed E-state index contributed by atoms with van der Waals surface area (Å²) in [7, 11) is 0. The first-order chi connectivity index (χ1) is 8.74. The summed E-state index contributed by atoms with van der Waals surface area (Å²) in [6.45, 7) is 2.47. The van der Waals surface area contributed by atoms with E-state index >= 15 is 0 Å². The maximum absolute atomic E-state index is 11.7. The van der Waals surface area contributed by atoms with Gasteiger partial charge in [-0.25, -0.2) is 4.79 Å². The molecule has 18 heavy (non-hydrogen) atoms. The van der Waals surface area contributed by atoms with E-state index in [1.807, 2.05) is 43.3 Å². The number of carbonyl (C=O) groups excluding carboxylic acids is 1. The lowest BCUT2D eigenvalue weighted by Crippen LogP contribution is -2.28. The van der Waals surface area contributed by atoms with Crippen molar-refractivity contribution in [2.24, 2.45) is 0 Å². The van der Waals surface area contributed by atoms with Crippen molar-refractivity contribution >= 4 is 11.7 Å². The topological polar surface area (TPSA) is 54.0 Å². The highest BCUT2D eigenvalue weighted by Gasteiger charge is 2.01. The summed E-state index contributed by atoms with van der Waals surface area (Å²) in [5.41, 5.74) is 2.92. The quantitative estimate of drug-likeness (QED) is 0.868. The van der Waals surface area contributed by atoms with Gasteiger partial charge in [-0.1, -0.05) is 12.1 Å². The summed E-state index contributed by atoms with van der Waals surface area (Å²) in [6.07, 6.45) is 3.41. The fourth-order valence-electron chi connectivity index (χ4n) is 1.58. The van der Waals surface area contributed by atoms with Gasteiger partial charge in [0, 0.05) is 24.6 Å². The minimum atomic E-state index is -0.211. The molecule has 1 heterocycles. The number of pyridine rings is 1. The van der Waals surface area contributed by atoms with Crippen LogP contribution in [0.25, 0.3) is 0 Å². The largest absolute Gasteiger partial charge is 0.334 e. The van der Waals surface area contributed by atoms with E-state index in [9.17, 15) is 4.79 Å². The van der Waals surface area contributed by atoms with E-state index < -0.39 is 0 Å². The maximum Gasteiger partial charge on any atom is 0.319 e. The van der Waals surface area contributed by atoms with Gasteiger partial charge in [0.1, 0.15) is 0 Å². The monoisotopic (exact) mass is 241 g/mol. The fraction of sp³-hybridized carbons (Fsp3) is 0.143. The van der Waals surface area contributed by atoms with Gasteiger partial charge in [-0.2, -0.15) is 0 Å². The molecule has 2 aromatic rings. The number of nitrogens with zero attached hydrogens (tertiary/aromatic N) is 1. The average molecular weight is 241 g/mol. The lowest BCUT2D eigenvalue weighted by molar-refractivity contribution is 0.251. The number of benzene rings is 1. The maximum atomic E-state index is 11.7. The molecule has 4 nitrogen and oxygen atoms in total. The molecule has 0 aliphatic carbocycles. The summed E-state index contributed by atoms with van der Waals surface area (Å²) >= 11 is 0. The van der Waals surface area contributed by atoms with Gasteiger partial charge in [-0.3, -0.25) is 4.98 Å². The van der Waals surface area contributed by atoms with Crippen molar-refractivity contribution in [2.75, 3.05) is 5.32 Å². The Morgan fingerprint density at radius 2 is 2.00 bits per heavy atom. The van der Waals surface area contributed by atoms with Crippen LogP contribution in [0.15, 0.2) is 48.8 Å². The Morgan fingerprint density at radius 1 is 1.22 bits per heavy atom. The van der Waals surface area contributed by atoms with Crippen molar-refractivity contribution in [3.05, 3.63) is 59.9 Å². The third-order valence-corrected chi connectivity index (χ3v) is 2.48. The first kappa shape index (κ1) is 12.1. The highest BCUT2D eigenvalue weighted by atomic mass is 16.2. The van der Waals surface area contributed by atoms with Crippen LogP contribution in [0.4, 0.5) is 10.5 Å². The van der Waals surface area contributed by atoms with Crippen LogP contribution in [0.5, 0.6) is 0 Å². The second-order valence-electron chi connectivity index (χ2n) is 4.03. The highest BCUT2D eigenvalue weighted by Crippen LogP contribution is 2.09. The number of aryl methyl sites for hydroxylation is 1. The number of urea groups is 1. The summed E-state index contributed by atoms with van der Waals surface area (Å²) in [6, 6.07) is 11.2. The van der Waals surface area contributed by atoms with E-state index in [0.717, 1.165) is 16.8 Å². The number of aromatic nitrogens is 1. The molecule has 92 valence electrons. The van der Waals surface area contributed by atoms with Crippen LogP contribution in [0, 0.1) is 6.92 Å². The first-order valence-corrected chi connectivity index (χ1v) is 5.74. The van der Waals surface area contributed by atoms with Gasteiger partial charge in [0.15, 0.2) is 0 Å². The van der Waals surface area contributed by atoms with Crippen molar-refractivity contribution in [3.8, 4) is 0 Å². The van der Waals surface area contributed by atoms with Crippen LogP contribution in [0.2, 0.25) is 0 Å². The molecule has 1 aromatic carbocycles. The molecule has 0 unspecified atom stereocenters. The van der Waals surface area contributed by atoms with Gasteiger partial charge in [-0.15, -0.1) is 0 Å². The second kappa shape index (κ2) is 5.82. The summed E-state index contributed by atoms with van der Waals surface area (Å²) in [4.78, 5) is 15.6. The molecule has 0 atom stereocenters. The molecule has 0 saturated heterocycles. The predicted octanol–water partition coefficient (Wildman–Crippen LogP) is 2.71. The van der Waals surface area contributed by atoms with Gasteiger partial charge < -0.3 is 10.6 Å². The number of anilines is 1. The Labute approximate surface area is 106 Å². The van der Waals surface area contributed by atoms with Crippen molar-refractivity contribution in [1.82, 2.24) is 10.3 Å². The molecule has 0 radical (unpaired) electrons. The molecule has 4 heteroatoms. The van der Waals surface area contributed by atoms with Gasteiger partial charge in [0.2, 0.25) is 0 Å². The summed E-state index contributed by atoms with van der Waals surface area (Å²) < 4.78 is 0. The van der Waals surface area contributed by atoms with E-state index in [-0.39, 0.29) is 6.03 Å². The molecule has 2 rings (SSSR count). The normalized spacial score (nSPS) is 9.83. The minimum absolute atomic E-state index is 0.211. The molecule has 2 amide bonds. The number of carbonyl (C=O) groups is 1. The number of nitrogens with one attached hydrogen (secondary N) is 2. The van der Waals surface area contributed by atoms with Crippen LogP contribution in [0.3, 0.4) is 0 Å². The Bertz CT molecular complexity index is 526. The molecule has 1 aromatic heterocycles. The Morgan fingerprint density at radius 3 is 2.72 bits per heavy atom. The third kappa shape index (κ3) is 3.59. The molecular weight excluding hydrogens is 226 g/mol. The number of hydrogen-bond donors (Lipinski definition) is 2. The van der Waals surface area contributed by atoms with Gasteiger partial charge in [0.05, 0.1) is 0 Å². The number of hydrogen-bond acceptors (Lipinski definition) is 2. The lowest BCUT2D eigenvalue weighted by atomic mass is 10.2. The molecule has 0 spiro atoms. The van der Waals surface area contributed by atoms with Crippen LogP contribution in [-0.4, -0.2) is 11.0 Å². The molecular formula is C14H15N3O. The minimum Gasteiger partial charge on any atom is -0.334 e. The van der Waals surface area contributed by atoms with Gasteiger partial charge >= 0.3 is 6.03 Å². The molecule has 0 saturated carbocycles. The third-order valence-electron chi connectivity index (χ3n) is 2.48. The SMILES string of the molecule is Cc1cccc(NC(=O)NCc2ccncc2)c1. The summed E-state index contributed by atoms with van der Waals surface area (Å²) in [5, 5.41) is 5.58. The van der Waals surface area contributed by atoms with E-state index in [1.54, 1.807) is 12.4 Å². The molecule has 0 bridgehead atoms. The van der Waals surface area contributed by atoms with Crippen molar-refractivity contribution in [3.63, 3.8) is 0 Å². The number of rotatable bonds is 3. The average Bonchev–Trinajstić information content (AvgIpc) is 2.38. The molecule has 2 N–H and O–H groups in total. The molecule has 0 aliphatic heterocycles. The van der Waals surface area contributed by atoms with E-state index in [4.69, 9.17) is 0 Å². The summed E-state index contributed by atoms with van der Waals surface area (Å²) in [5.74, 6) is 0. The van der Waals surface area contributed by atoms with Crippen LogP contribution in [0.1, 0.15) is 11.1 Å². The second-order valence-corrected chi connectivity index (χ2v) is 4.03. The Kier molecular flexibility index (Phi) is 3.91. The van der Waals surface area contributed by atoms with Crippen molar-refractivity contribution in [1.29, 1.82) is 0 Å².